The molecule has 0 fully saturated rings. The molecule has 3 aromatic rings. The van der Waals surface area contributed by atoms with Gasteiger partial charge in [0.25, 0.3) is 0 Å². The molecule has 0 spiro atoms. The standard InChI is InChI=1S/C13H10N2OS/c1-9-8-17-13-12(10-5-3-2-4-6-10)11(16)7-14-15(9)13/h2-8H,1H3. The molecule has 0 bridgehead atoms. The van der Waals surface area contributed by atoms with Crippen LogP contribution in [-0.4, -0.2) is 9.61 Å². The Labute approximate surface area is 102 Å². The van der Waals surface area contributed by atoms with Crippen LogP contribution in [0.4, 0.5) is 0 Å². The molecule has 3 rings (SSSR count). The third-order valence-corrected chi connectivity index (χ3v) is 3.74. The summed E-state index contributed by atoms with van der Waals surface area (Å²) in [6.45, 7) is 1.98. The van der Waals surface area contributed by atoms with E-state index in [1.54, 1.807) is 11.3 Å². The highest BCUT2D eigenvalue weighted by molar-refractivity contribution is 7.16. The SMILES string of the molecule is Cc1csc2c(-c3ccccc3)c(=O)cnn12. The molecule has 0 amide bonds. The minimum atomic E-state index is -0.0296. The molecule has 0 aliphatic heterocycles. The Morgan fingerprint density at radius 2 is 2.00 bits per heavy atom. The summed E-state index contributed by atoms with van der Waals surface area (Å²) in [5.74, 6) is 0. The molecule has 2 aromatic heterocycles. The second kappa shape index (κ2) is 3.82. The third kappa shape index (κ3) is 1.57. The maximum Gasteiger partial charge on any atom is 0.209 e. The van der Waals surface area contributed by atoms with Crippen molar-refractivity contribution < 1.29 is 0 Å². The molecular weight excluding hydrogens is 232 g/mol. The lowest BCUT2D eigenvalue weighted by Crippen LogP contribution is -2.08. The number of hydrogen-bond acceptors (Lipinski definition) is 3. The van der Waals surface area contributed by atoms with Gasteiger partial charge in [0, 0.05) is 5.38 Å². The second-order valence-corrected chi connectivity index (χ2v) is 4.70. The van der Waals surface area contributed by atoms with E-state index in [1.807, 2.05) is 47.2 Å². The van der Waals surface area contributed by atoms with E-state index in [2.05, 4.69) is 5.10 Å². The Kier molecular flexibility index (Phi) is 2.30. The van der Waals surface area contributed by atoms with Crippen LogP contribution in [0, 0.1) is 6.92 Å². The molecule has 1 aromatic carbocycles. The van der Waals surface area contributed by atoms with E-state index in [0.29, 0.717) is 0 Å². The van der Waals surface area contributed by atoms with Gasteiger partial charge in [-0.2, -0.15) is 5.10 Å². The van der Waals surface area contributed by atoms with Gasteiger partial charge in [-0.3, -0.25) is 4.79 Å². The van der Waals surface area contributed by atoms with Crippen LogP contribution < -0.4 is 5.43 Å². The highest BCUT2D eigenvalue weighted by Crippen LogP contribution is 2.25. The minimum absolute atomic E-state index is 0.0296. The van der Waals surface area contributed by atoms with Crippen molar-refractivity contribution in [3.63, 3.8) is 0 Å². The van der Waals surface area contributed by atoms with Gasteiger partial charge in [0.2, 0.25) is 5.43 Å². The van der Waals surface area contributed by atoms with E-state index < -0.39 is 0 Å². The van der Waals surface area contributed by atoms with Crippen molar-refractivity contribution in [1.82, 2.24) is 9.61 Å². The van der Waals surface area contributed by atoms with E-state index in [9.17, 15) is 4.79 Å². The molecule has 17 heavy (non-hydrogen) atoms. The Morgan fingerprint density at radius 1 is 1.24 bits per heavy atom. The largest absolute Gasteiger partial charge is 0.287 e. The Morgan fingerprint density at radius 3 is 2.76 bits per heavy atom. The van der Waals surface area contributed by atoms with Crippen LogP contribution >= 0.6 is 11.3 Å². The van der Waals surface area contributed by atoms with Gasteiger partial charge in [0.15, 0.2) is 0 Å². The smallest absolute Gasteiger partial charge is 0.209 e. The van der Waals surface area contributed by atoms with E-state index >= 15 is 0 Å². The summed E-state index contributed by atoms with van der Waals surface area (Å²) in [6, 6.07) is 9.72. The molecule has 0 saturated carbocycles. The molecule has 0 unspecified atom stereocenters. The zero-order valence-corrected chi connectivity index (χ0v) is 10.1. The number of aryl methyl sites for hydroxylation is 1. The predicted molar refractivity (Wildman–Crippen MR) is 69.5 cm³/mol. The first kappa shape index (κ1) is 10.2. The van der Waals surface area contributed by atoms with Crippen molar-refractivity contribution in [3.8, 4) is 11.1 Å². The Bertz CT molecular complexity index is 728. The van der Waals surface area contributed by atoms with Crippen LogP contribution in [-0.2, 0) is 0 Å². The highest BCUT2D eigenvalue weighted by Gasteiger charge is 2.11. The molecule has 0 N–H and O–H groups in total. The lowest BCUT2D eigenvalue weighted by molar-refractivity contribution is 0.898. The quantitative estimate of drug-likeness (QED) is 0.657. The van der Waals surface area contributed by atoms with Crippen molar-refractivity contribution >= 4 is 16.2 Å². The fraction of sp³-hybridized carbons (Fsp3) is 0.0769. The summed E-state index contributed by atoms with van der Waals surface area (Å²) < 4.78 is 1.81. The van der Waals surface area contributed by atoms with Crippen LogP contribution in [0.5, 0.6) is 0 Å². The molecule has 0 aliphatic carbocycles. The van der Waals surface area contributed by atoms with Crippen LogP contribution in [0.3, 0.4) is 0 Å². The highest BCUT2D eigenvalue weighted by atomic mass is 32.1. The first-order valence-electron chi connectivity index (χ1n) is 5.29. The first-order chi connectivity index (χ1) is 8.27. The molecule has 0 aliphatic rings. The van der Waals surface area contributed by atoms with Crippen molar-refractivity contribution in [2.75, 3.05) is 0 Å². The van der Waals surface area contributed by atoms with E-state index in [-0.39, 0.29) is 5.43 Å². The molecule has 0 atom stereocenters. The average molecular weight is 242 g/mol. The summed E-state index contributed by atoms with van der Waals surface area (Å²) in [5, 5.41) is 6.15. The fourth-order valence-corrected chi connectivity index (χ4v) is 2.87. The Balaban J connectivity index is 2.43. The predicted octanol–water partition coefficient (Wildman–Crippen LogP) is 2.73. The van der Waals surface area contributed by atoms with Crippen molar-refractivity contribution in [2.24, 2.45) is 0 Å². The number of thiazole rings is 1. The number of nitrogens with zero attached hydrogens (tertiary/aromatic N) is 2. The molecule has 4 heteroatoms. The van der Waals surface area contributed by atoms with Gasteiger partial charge in [0.05, 0.1) is 17.5 Å². The molecule has 84 valence electrons. The van der Waals surface area contributed by atoms with Gasteiger partial charge in [-0.05, 0) is 12.5 Å². The average Bonchev–Trinajstić information content (AvgIpc) is 2.72. The van der Waals surface area contributed by atoms with Crippen LogP contribution in [0.2, 0.25) is 0 Å². The first-order valence-corrected chi connectivity index (χ1v) is 6.17. The van der Waals surface area contributed by atoms with Crippen LogP contribution in [0.1, 0.15) is 5.69 Å². The zero-order chi connectivity index (χ0) is 11.8. The molecule has 0 saturated heterocycles. The van der Waals surface area contributed by atoms with Gasteiger partial charge >= 0.3 is 0 Å². The number of fused-ring (bicyclic) bond motifs is 1. The third-order valence-electron chi connectivity index (χ3n) is 2.68. The maximum absolute atomic E-state index is 12.0. The van der Waals surface area contributed by atoms with Crippen molar-refractivity contribution in [2.45, 2.75) is 6.92 Å². The van der Waals surface area contributed by atoms with Gasteiger partial charge in [-0.1, -0.05) is 30.3 Å². The monoisotopic (exact) mass is 242 g/mol. The van der Waals surface area contributed by atoms with Crippen molar-refractivity contribution in [1.29, 1.82) is 0 Å². The number of aromatic nitrogens is 2. The van der Waals surface area contributed by atoms with Crippen molar-refractivity contribution in [3.05, 3.63) is 57.8 Å². The summed E-state index contributed by atoms with van der Waals surface area (Å²) in [5.41, 5.74) is 2.69. The zero-order valence-electron chi connectivity index (χ0n) is 9.25. The fourth-order valence-electron chi connectivity index (χ4n) is 1.86. The Hall–Kier alpha value is -1.94. The molecule has 3 nitrogen and oxygen atoms in total. The minimum Gasteiger partial charge on any atom is -0.287 e. The van der Waals surface area contributed by atoms with Crippen LogP contribution in [0.15, 0.2) is 46.7 Å². The summed E-state index contributed by atoms with van der Waals surface area (Å²) in [4.78, 5) is 12.9. The molecular formula is C13H10N2OS. The second-order valence-electron chi connectivity index (χ2n) is 3.84. The summed E-state index contributed by atoms with van der Waals surface area (Å²) >= 11 is 1.55. The van der Waals surface area contributed by atoms with E-state index in [4.69, 9.17) is 0 Å². The maximum atomic E-state index is 12.0. The lowest BCUT2D eigenvalue weighted by Gasteiger charge is -2.02. The topological polar surface area (TPSA) is 34.4 Å². The van der Waals surface area contributed by atoms with Gasteiger partial charge < -0.3 is 0 Å². The van der Waals surface area contributed by atoms with E-state index in [0.717, 1.165) is 21.7 Å². The van der Waals surface area contributed by atoms with Gasteiger partial charge in [-0.15, -0.1) is 11.3 Å². The normalized spacial score (nSPS) is 10.9. The molecule has 2 heterocycles. The number of hydrogen-bond donors (Lipinski definition) is 0. The lowest BCUT2D eigenvalue weighted by atomic mass is 10.1. The van der Waals surface area contributed by atoms with E-state index in [1.165, 1.54) is 6.20 Å². The van der Waals surface area contributed by atoms with Crippen LogP contribution in [0.25, 0.3) is 16.0 Å². The number of benzene rings is 1. The van der Waals surface area contributed by atoms with Gasteiger partial charge in [-0.25, -0.2) is 4.52 Å². The summed E-state index contributed by atoms with van der Waals surface area (Å²) in [6.07, 6.45) is 1.38. The van der Waals surface area contributed by atoms with Gasteiger partial charge in [0.1, 0.15) is 4.83 Å². The summed E-state index contributed by atoms with van der Waals surface area (Å²) in [7, 11) is 0. The number of rotatable bonds is 1. The molecule has 0 radical (unpaired) electrons.